The van der Waals surface area contributed by atoms with Gasteiger partial charge in [-0.15, -0.1) is 11.3 Å². The van der Waals surface area contributed by atoms with E-state index in [1.807, 2.05) is 6.92 Å². The third-order valence-electron chi connectivity index (χ3n) is 5.58. The number of benzene rings is 2. The number of amides is 1. The number of fused-ring (bicyclic) bond motifs is 1. The Morgan fingerprint density at radius 3 is 2.82 bits per heavy atom. The number of carboxylic acids is 1. The predicted molar refractivity (Wildman–Crippen MR) is 125 cm³/mol. The van der Waals surface area contributed by atoms with Crippen molar-refractivity contribution in [2.45, 2.75) is 25.8 Å². The Morgan fingerprint density at radius 2 is 2.09 bits per heavy atom. The lowest BCUT2D eigenvalue weighted by molar-refractivity contribution is -0.139. The zero-order valence-corrected chi connectivity index (χ0v) is 19.9. The van der Waals surface area contributed by atoms with Crippen molar-refractivity contribution in [3.63, 3.8) is 0 Å². The van der Waals surface area contributed by atoms with Crippen molar-refractivity contribution in [3.05, 3.63) is 80.0 Å². The first kappa shape index (κ1) is 24.0. The maximum Gasteiger partial charge on any atom is 0.410 e. The minimum Gasteiger partial charge on any atom is -0.482 e. The second-order valence-corrected chi connectivity index (χ2v) is 9.15. The molecule has 1 atom stereocenters. The Balaban J connectivity index is 1.66. The van der Waals surface area contributed by atoms with Gasteiger partial charge >= 0.3 is 12.1 Å². The van der Waals surface area contributed by atoms with Crippen molar-refractivity contribution in [2.24, 2.45) is 0 Å². The summed E-state index contributed by atoms with van der Waals surface area (Å²) in [6, 6.07) is 8.48. The van der Waals surface area contributed by atoms with E-state index in [9.17, 15) is 14.0 Å². The molecular formula is C24H22ClFN2O5S. The van der Waals surface area contributed by atoms with Crippen molar-refractivity contribution in [2.75, 3.05) is 19.8 Å². The molecule has 3 aromatic rings. The molecule has 4 rings (SSSR count). The van der Waals surface area contributed by atoms with Gasteiger partial charge in [-0.05, 0) is 54.8 Å². The highest BCUT2D eigenvalue weighted by Gasteiger charge is 2.35. The summed E-state index contributed by atoms with van der Waals surface area (Å²) >= 11 is 7.77. The number of carboxylic acid groups (broad SMARTS) is 1. The van der Waals surface area contributed by atoms with Gasteiger partial charge in [-0.3, -0.25) is 4.90 Å². The molecule has 0 spiro atoms. The van der Waals surface area contributed by atoms with Gasteiger partial charge in [0.2, 0.25) is 0 Å². The average Bonchev–Trinajstić information content (AvgIpc) is 3.21. The van der Waals surface area contributed by atoms with Crippen LogP contribution in [0.1, 0.15) is 33.3 Å². The molecule has 10 heteroatoms. The summed E-state index contributed by atoms with van der Waals surface area (Å²) in [6.07, 6.45) is 0.455. The Labute approximate surface area is 204 Å². The van der Waals surface area contributed by atoms with Crippen LogP contribution in [-0.2, 0) is 22.4 Å². The molecule has 0 bridgehead atoms. The van der Waals surface area contributed by atoms with Gasteiger partial charge in [0.15, 0.2) is 6.61 Å². The quantitative estimate of drug-likeness (QED) is 0.485. The first-order chi connectivity index (χ1) is 16.3. The number of aryl methyl sites for hydroxylation is 1. The molecule has 1 aromatic heterocycles. The van der Waals surface area contributed by atoms with Crippen molar-refractivity contribution in [1.29, 1.82) is 0 Å². The zero-order chi connectivity index (χ0) is 24.2. The molecule has 34 heavy (non-hydrogen) atoms. The molecular weight excluding hydrogens is 483 g/mol. The molecule has 1 aliphatic rings. The van der Waals surface area contributed by atoms with Gasteiger partial charge in [-0.2, -0.15) is 0 Å². The number of aromatic nitrogens is 1. The molecule has 1 N–H and O–H groups in total. The van der Waals surface area contributed by atoms with Gasteiger partial charge < -0.3 is 14.6 Å². The average molecular weight is 505 g/mol. The molecule has 0 saturated heterocycles. The van der Waals surface area contributed by atoms with Gasteiger partial charge in [0.25, 0.3) is 0 Å². The number of rotatable bonds is 7. The monoisotopic (exact) mass is 504 g/mol. The van der Waals surface area contributed by atoms with E-state index in [0.29, 0.717) is 29.0 Å². The fraction of sp³-hybridized carbons (Fsp3) is 0.292. The Kier molecular flexibility index (Phi) is 7.33. The first-order valence-electron chi connectivity index (χ1n) is 10.6. The normalized spacial score (nSPS) is 15.0. The topological polar surface area (TPSA) is 89.0 Å². The number of hydrogen-bond acceptors (Lipinski definition) is 6. The Morgan fingerprint density at radius 1 is 1.26 bits per heavy atom. The van der Waals surface area contributed by atoms with Crippen LogP contribution < -0.4 is 4.74 Å². The van der Waals surface area contributed by atoms with Gasteiger partial charge in [-0.1, -0.05) is 17.7 Å². The highest BCUT2D eigenvalue weighted by atomic mass is 35.5. The minimum atomic E-state index is -1.14. The molecule has 2 aromatic carbocycles. The fourth-order valence-electron chi connectivity index (χ4n) is 4.01. The molecule has 178 valence electrons. The third kappa shape index (κ3) is 5.31. The predicted octanol–water partition coefficient (Wildman–Crippen LogP) is 5.03. The van der Waals surface area contributed by atoms with Crippen LogP contribution >= 0.6 is 22.9 Å². The second-order valence-electron chi connectivity index (χ2n) is 7.78. The second kappa shape index (κ2) is 10.4. The summed E-state index contributed by atoms with van der Waals surface area (Å²) in [4.78, 5) is 31.1. The summed E-state index contributed by atoms with van der Waals surface area (Å²) in [6.45, 7) is 1.81. The lowest BCUT2D eigenvalue weighted by Crippen LogP contribution is -2.41. The van der Waals surface area contributed by atoms with Crippen molar-refractivity contribution in [3.8, 4) is 5.75 Å². The zero-order valence-electron chi connectivity index (χ0n) is 18.3. The van der Waals surface area contributed by atoms with E-state index in [1.165, 1.54) is 23.5 Å². The number of hydrogen-bond donors (Lipinski definition) is 1. The Bertz CT molecular complexity index is 1220. The van der Waals surface area contributed by atoms with Gasteiger partial charge in [0.05, 0.1) is 23.9 Å². The molecule has 0 aliphatic carbocycles. The molecule has 0 unspecified atom stereocenters. The van der Waals surface area contributed by atoms with Crippen LogP contribution in [0, 0.1) is 12.7 Å². The van der Waals surface area contributed by atoms with Gasteiger partial charge in [-0.25, -0.2) is 19.0 Å². The van der Waals surface area contributed by atoms with Crippen LogP contribution in [0.25, 0.3) is 0 Å². The van der Waals surface area contributed by atoms with E-state index in [4.69, 9.17) is 26.2 Å². The van der Waals surface area contributed by atoms with Crippen LogP contribution in [0.2, 0.25) is 5.02 Å². The van der Waals surface area contributed by atoms with E-state index >= 15 is 0 Å². The molecule has 1 amide bonds. The minimum absolute atomic E-state index is 0.180. The molecule has 0 fully saturated rings. The van der Waals surface area contributed by atoms with Gasteiger partial charge in [0, 0.05) is 28.4 Å². The van der Waals surface area contributed by atoms with Crippen LogP contribution in [0.4, 0.5) is 9.18 Å². The maximum absolute atomic E-state index is 13.9. The van der Waals surface area contributed by atoms with E-state index in [0.717, 1.165) is 16.1 Å². The number of halogens is 2. The molecule has 0 saturated carbocycles. The largest absolute Gasteiger partial charge is 0.482 e. The number of aliphatic carboxylic acids is 1. The molecule has 0 radical (unpaired) electrons. The third-order valence-corrected chi connectivity index (χ3v) is 6.81. The molecule has 1 aliphatic heterocycles. The number of ether oxygens (including phenoxy) is 2. The van der Waals surface area contributed by atoms with Crippen molar-refractivity contribution in [1.82, 2.24) is 9.88 Å². The van der Waals surface area contributed by atoms with E-state index in [1.54, 1.807) is 34.7 Å². The smallest absolute Gasteiger partial charge is 0.410 e. The highest BCUT2D eigenvalue weighted by molar-refractivity contribution is 7.09. The number of thiazole rings is 1. The lowest BCUT2D eigenvalue weighted by atomic mass is 9.88. The van der Waals surface area contributed by atoms with Crippen molar-refractivity contribution < 1.29 is 28.6 Å². The number of carbonyl (C=O) groups is 2. The number of nitrogens with zero attached hydrogens (tertiary/aromatic N) is 2. The Hall–Kier alpha value is -3.17. The summed E-state index contributed by atoms with van der Waals surface area (Å²) in [5.74, 6) is -1.24. The fourth-order valence-corrected chi connectivity index (χ4v) is 4.95. The summed E-state index contributed by atoms with van der Waals surface area (Å²) in [7, 11) is 0. The first-order valence-corrected chi connectivity index (χ1v) is 11.8. The summed E-state index contributed by atoms with van der Waals surface area (Å²) in [5, 5.41) is 9.46. The highest BCUT2D eigenvalue weighted by Crippen LogP contribution is 2.41. The van der Waals surface area contributed by atoms with E-state index < -0.39 is 24.7 Å². The van der Waals surface area contributed by atoms with E-state index in [-0.39, 0.29) is 24.7 Å². The van der Waals surface area contributed by atoms with Crippen LogP contribution in [0.5, 0.6) is 5.75 Å². The van der Waals surface area contributed by atoms with Crippen LogP contribution in [0.3, 0.4) is 0 Å². The summed E-state index contributed by atoms with van der Waals surface area (Å²) < 4.78 is 25.0. The standard InChI is InChI=1S/C24H22ClFN2O5S/c1-14-21(34-13-27-14)7-9-32-24(31)28-8-6-15-10-17(26)3-4-18(15)23(28)19-11-16(25)2-5-20(19)33-12-22(29)30/h2-5,10-11,13,23H,6-9,12H2,1H3,(H,29,30)/t23-/m0/s1. The van der Waals surface area contributed by atoms with Crippen LogP contribution in [0.15, 0.2) is 41.9 Å². The maximum atomic E-state index is 13.9. The molecule has 2 heterocycles. The molecule has 7 nitrogen and oxygen atoms in total. The summed E-state index contributed by atoms with van der Waals surface area (Å²) in [5.41, 5.74) is 4.61. The van der Waals surface area contributed by atoms with Gasteiger partial charge in [0.1, 0.15) is 11.6 Å². The SMILES string of the molecule is Cc1ncsc1CCOC(=O)N1CCc2cc(F)ccc2[C@H]1c1cc(Cl)ccc1OCC(=O)O. The number of carbonyl (C=O) groups excluding carboxylic acids is 1. The van der Waals surface area contributed by atoms with Crippen LogP contribution in [-0.4, -0.2) is 46.8 Å². The van der Waals surface area contributed by atoms with E-state index in [2.05, 4.69) is 4.98 Å². The lowest BCUT2D eigenvalue weighted by Gasteiger charge is -2.37. The van der Waals surface area contributed by atoms with Crippen molar-refractivity contribution >= 4 is 35.0 Å².